The van der Waals surface area contributed by atoms with Gasteiger partial charge < -0.3 is 16.4 Å². The molecule has 2 rings (SSSR count). The van der Waals surface area contributed by atoms with Gasteiger partial charge >= 0.3 is 0 Å². The van der Waals surface area contributed by atoms with Gasteiger partial charge in [0.1, 0.15) is 17.8 Å². The van der Waals surface area contributed by atoms with E-state index in [-0.39, 0.29) is 5.82 Å². The first kappa shape index (κ1) is 16.5. The third-order valence-electron chi connectivity index (χ3n) is 3.08. The molecule has 118 valence electrons. The van der Waals surface area contributed by atoms with Crippen molar-refractivity contribution in [2.45, 2.75) is 20.3 Å². The second-order valence-corrected chi connectivity index (χ2v) is 6.26. The van der Waals surface area contributed by atoms with Gasteiger partial charge in [0.2, 0.25) is 0 Å². The van der Waals surface area contributed by atoms with Crippen LogP contribution in [0.5, 0.6) is 0 Å². The Morgan fingerprint density at radius 2 is 2.00 bits per heavy atom. The lowest BCUT2D eigenvalue weighted by Gasteiger charge is -2.13. The highest BCUT2D eigenvalue weighted by molar-refractivity contribution is 9.10. The molecule has 1 heterocycles. The van der Waals surface area contributed by atoms with Crippen molar-refractivity contribution in [3.8, 4) is 0 Å². The van der Waals surface area contributed by atoms with Crippen molar-refractivity contribution in [2.24, 2.45) is 5.92 Å². The molecule has 2 aromatic rings. The fourth-order valence-electron chi connectivity index (χ4n) is 1.83. The molecular weight excluding hydrogens is 349 g/mol. The Morgan fingerprint density at radius 1 is 1.27 bits per heavy atom. The molecule has 0 bridgehead atoms. The van der Waals surface area contributed by atoms with E-state index in [0.717, 1.165) is 13.0 Å². The molecule has 7 heteroatoms. The normalized spacial score (nSPS) is 10.8. The number of hydrogen-bond donors (Lipinski definition) is 3. The van der Waals surface area contributed by atoms with E-state index >= 15 is 0 Å². The van der Waals surface area contributed by atoms with Crippen molar-refractivity contribution < 1.29 is 4.39 Å². The van der Waals surface area contributed by atoms with Crippen LogP contribution in [0.4, 0.5) is 27.4 Å². The Labute approximate surface area is 137 Å². The van der Waals surface area contributed by atoms with Crippen LogP contribution in [-0.2, 0) is 0 Å². The second kappa shape index (κ2) is 7.40. The number of nitrogens with two attached hydrogens (primary N) is 1. The standard InChI is InChI=1S/C15H19BrFN5/c1-9(2)5-6-19-14-13(18)15(21-8-20-14)22-12-4-3-10(16)7-11(12)17/h3-4,7-9H,5-6,18H2,1-2H3,(H2,19,20,21,22). The summed E-state index contributed by atoms with van der Waals surface area (Å²) >= 11 is 3.22. The molecule has 0 aliphatic rings. The van der Waals surface area contributed by atoms with E-state index in [0.29, 0.717) is 33.4 Å². The van der Waals surface area contributed by atoms with Crippen LogP contribution in [0.25, 0.3) is 0 Å². The van der Waals surface area contributed by atoms with Gasteiger partial charge in [-0.1, -0.05) is 29.8 Å². The van der Waals surface area contributed by atoms with Crippen molar-refractivity contribution >= 4 is 38.9 Å². The first-order valence-corrected chi connectivity index (χ1v) is 7.83. The lowest BCUT2D eigenvalue weighted by Crippen LogP contribution is -2.10. The molecular formula is C15H19BrFN5. The minimum atomic E-state index is -0.387. The smallest absolute Gasteiger partial charge is 0.159 e. The van der Waals surface area contributed by atoms with E-state index in [9.17, 15) is 4.39 Å². The average molecular weight is 368 g/mol. The molecule has 1 aromatic carbocycles. The van der Waals surface area contributed by atoms with E-state index in [1.54, 1.807) is 12.1 Å². The fraction of sp³-hybridized carbons (Fsp3) is 0.333. The summed E-state index contributed by atoms with van der Waals surface area (Å²) in [6, 6.07) is 4.74. The summed E-state index contributed by atoms with van der Waals surface area (Å²) in [4.78, 5) is 8.20. The molecule has 4 N–H and O–H groups in total. The highest BCUT2D eigenvalue weighted by Gasteiger charge is 2.10. The number of rotatable bonds is 6. The monoisotopic (exact) mass is 367 g/mol. The van der Waals surface area contributed by atoms with E-state index in [1.165, 1.54) is 12.4 Å². The molecule has 1 aromatic heterocycles. The minimum Gasteiger partial charge on any atom is -0.393 e. The van der Waals surface area contributed by atoms with Crippen LogP contribution in [0.1, 0.15) is 20.3 Å². The fourth-order valence-corrected chi connectivity index (χ4v) is 2.17. The molecule has 22 heavy (non-hydrogen) atoms. The van der Waals surface area contributed by atoms with Crippen LogP contribution in [0, 0.1) is 11.7 Å². The van der Waals surface area contributed by atoms with Crippen LogP contribution in [0.3, 0.4) is 0 Å². The number of benzene rings is 1. The predicted molar refractivity (Wildman–Crippen MR) is 91.8 cm³/mol. The molecule has 0 saturated heterocycles. The number of aromatic nitrogens is 2. The van der Waals surface area contributed by atoms with Crippen LogP contribution in [0.15, 0.2) is 29.0 Å². The van der Waals surface area contributed by atoms with E-state index in [2.05, 4.69) is 50.4 Å². The average Bonchev–Trinajstić information content (AvgIpc) is 2.45. The second-order valence-electron chi connectivity index (χ2n) is 5.34. The molecule has 0 amide bonds. The summed E-state index contributed by atoms with van der Waals surface area (Å²) in [5.74, 6) is 1.13. The highest BCUT2D eigenvalue weighted by atomic mass is 79.9. The lowest BCUT2D eigenvalue weighted by atomic mass is 10.1. The first-order valence-electron chi connectivity index (χ1n) is 7.03. The van der Waals surface area contributed by atoms with E-state index < -0.39 is 0 Å². The van der Waals surface area contributed by atoms with Crippen LogP contribution < -0.4 is 16.4 Å². The highest BCUT2D eigenvalue weighted by Crippen LogP contribution is 2.28. The van der Waals surface area contributed by atoms with Gasteiger partial charge in [-0.15, -0.1) is 0 Å². The van der Waals surface area contributed by atoms with Crippen molar-refractivity contribution in [3.63, 3.8) is 0 Å². The van der Waals surface area contributed by atoms with Gasteiger partial charge in [0.25, 0.3) is 0 Å². The minimum absolute atomic E-state index is 0.307. The van der Waals surface area contributed by atoms with Crippen molar-refractivity contribution in [2.75, 3.05) is 22.9 Å². The summed E-state index contributed by atoms with van der Waals surface area (Å²) in [6.07, 6.45) is 2.40. The van der Waals surface area contributed by atoms with Gasteiger partial charge in [0.15, 0.2) is 11.6 Å². The van der Waals surface area contributed by atoms with Gasteiger partial charge in [-0.05, 0) is 30.5 Å². The van der Waals surface area contributed by atoms with Gasteiger partial charge in [-0.3, -0.25) is 0 Å². The zero-order valence-corrected chi connectivity index (χ0v) is 14.1. The van der Waals surface area contributed by atoms with E-state index in [1.807, 2.05) is 0 Å². The number of nitrogen functional groups attached to an aromatic ring is 1. The van der Waals surface area contributed by atoms with Crippen molar-refractivity contribution in [3.05, 3.63) is 34.8 Å². The molecule has 0 spiro atoms. The van der Waals surface area contributed by atoms with Crippen LogP contribution in [-0.4, -0.2) is 16.5 Å². The van der Waals surface area contributed by atoms with Crippen molar-refractivity contribution in [1.29, 1.82) is 0 Å². The van der Waals surface area contributed by atoms with Gasteiger partial charge in [-0.25, -0.2) is 14.4 Å². The zero-order chi connectivity index (χ0) is 16.1. The SMILES string of the molecule is CC(C)CCNc1ncnc(Nc2ccc(Br)cc2F)c1N. The van der Waals surface area contributed by atoms with Crippen LogP contribution in [0.2, 0.25) is 0 Å². The van der Waals surface area contributed by atoms with E-state index in [4.69, 9.17) is 5.73 Å². The quantitative estimate of drug-likeness (QED) is 0.714. The molecule has 0 aliphatic carbocycles. The molecule has 5 nitrogen and oxygen atoms in total. The number of anilines is 4. The molecule has 0 radical (unpaired) electrons. The maximum Gasteiger partial charge on any atom is 0.159 e. The molecule has 0 saturated carbocycles. The maximum atomic E-state index is 13.9. The summed E-state index contributed by atoms with van der Waals surface area (Å²) in [5.41, 5.74) is 6.72. The van der Waals surface area contributed by atoms with Gasteiger partial charge in [0.05, 0.1) is 5.69 Å². The molecule has 0 aliphatic heterocycles. The first-order chi connectivity index (χ1) is 10.5. The number of halogens is 2. The number of nitrogens with one attached hydrogen (secondary N) is 2. The molecule has 0 unspecified atom stereocenters. The summed E-state index contributed by atoms with van der Waals surface area (Å²) in [7, 11) is 0. The topological polar surface area (TPSA) is 75.9 Å². The maximum absolute atomic E-state index is 13.9. The van der Waals surface area contributed by atoms with Crippen LogP contribution >= 0.6 is 15.9 Å². The Bertz CT molecular complexity index is 648. The zero-order valence-electron chi connectivity index (χ0n) is 12.5. The van der Waals surface area contributed by atoms with Crippen molar-refractivity contribution in [1.82, 2.24) is 9.97 Å². The Morgan fingerprint density at radius 3 is 2.68 bits per heavy atom. The summed E-state index contributed by atoms with van der Waals surface area (Å²) < 4.78 is 14.5. The largest absolute Gasteiger partial charge is 0.393 e. The Hall–Kier alpha value is -1.89. The number of hydrogen-bond acceptors (Lipinski definition) is 5. The number of nitrogens with zero attached hydrogens (tertiary/aromatic N) is 2. The molecule has 0 fully saturated rings. The third-order valence-corrected chi connectivity index (χ3v) is 3.58. The summed E-state index contributed by atoms with van der Waals surface area (Å²) in [5, 5.41) is 6.07. The predicted octanol–water partition coefficient (Wildman–Crippen LogP) is 4.16. The Kier molecular flexibility index (Phi) is 5.54. The molecule has 0 atom stereocenters. The van der Waals surface area contributed by atoms with Gasteiger partial charge in [0, 0.05) is 11.0 Å². The Balaban J connectivity index is 2.14. The van der Waals surface area contributed by atoms with Gasteiger partial charge in [-0.2, -0.15) is 0 Å². The lowest BCUT2D eigenvalue weighted by molar-refractivity contribution is 0.606. The summed E-state index contributed by atoms with van der Waals surface area (Å²) in [6.45, 7) is 5.06. The third kappa shape index (κ3) is 4.30.